The van der Waals surface area contributed by atoms with E-state index >= 15 is 0 Å². The number of hydrogen-bond donors (Lipinski definition) is 2. The van der Waals surface area contributed by atoms with E-state index in [-0.39, 0.29) is 0 Å². The topological polar surface area (TPSA) is 69.6 Å². The Labute approximate surface area is 129 Å². The van der Waals surface area contributed by atoms with Crippen molar-refractivity contribution in [2.45, 2.75) is 26.8 Å². The van der Waals surface area contributed by atoms with Crippen molar-refractivity contribution in [1.82, 2.24) is 10.2 Å². The summed E-state index contributed by atoms with van der Waals surface area (Å²) in [5.74, 6) is -0.837. The van der Waals surface area contributed by atoms with Gasteiger partial charge in [-0.3, -0.25) is 0 Å². The molecule has 1 aromatic rings. The molecular formula is C15H21ClN2O3. The number of benzene rings is 1. The van der Waals surface area contributed by atoms with Crippen LogP contribution in [0, 0.1) is 5.92 Å². The number of amides is 2. The lowest BCUT2D eigenvalue weighted by Gasteiger charge is -2.25. The number of carboxylic acids is 1. The number of aliphatic carboxylic acids is 1. The summed E-state index contributed by atoms with van der Waals surface area (Å²) in [4.78, 5) is 25.2. The molecule has 2 amide bonds. The first-order valence-corrected chi connectivity index (χ1v) is 7.27. The first-order valence-electron chi connectivity index (χ1n) is 6.89. The lowest BCUT2D eigenvalue weighted by atomic mass is 10.1. The summed E-state index contributed by atoms with van der Waals surface area (Å²) in [6.07, 6.45) is 0. The van der Waals surface area contributed by atoms with Gasteiger partial charge in [-0.2, -0.15) is 0 Å². The number of hydrogen-bond acceptors (Lipinski definition) is 2. The summed E-state index contributed by atoms with van der Waals surface area (Å²) < 4.78 is 0. The van der Waals surface area contributed by atoms with E-state index in [2.05, 4.69) is 5.32 Å². The Morgan fingerprint density at radius 2 is 1.95 bits per heavy atom. The summed E-state index contributed by atoms with van der Waals surface area (Å²) in [5.41, 5.74) is 0.376. The molecule has 21 heavy (non-hydrogen) atoms. The Balaban J connectivity index is 2.91. The van der Waals surface area contributed by atoms with Crippen molar-refractivity contribution < 1.29 is 14.7 Å². The van der Waals surface area contributed by atoms with Gasteiger partial charge in [-0.15, -0.1) is 0 Å². The molecule has 0 saturated heterocycles. The number of rotatable bonds is 6. The van der Waals surface area contributed by atoms with E-state index in [4.69, 9.17) is 11.6 Å². The molecule has 0 aliphatic rings. The number of carboxylic acid groups (broad SMARTS) is 1. The zero-order valence-corrected chi connectivity index (χ0v) is 13.2. The van der Waals surface area contributed by atoms with Crippen molar-refractivity contribution in [3.8, 4) is 0 Å². The number of nitrogens with zero attached hydrogens (tertiary/aromatic N) is 1. The average Bonchev–Trinajstić information content (AvgIpc) is 2.42. The first kappa shape index (κ1) is 17.3. The number of nitrogens with one attached hydrogen (secondary N) is 1. The highest BCUT2D eigenvalue weighted by atomic mass is 35.5. The minimum atomic E-state index is -1.16. The largest absolute Gasteiger partial charge is 0.479 e. The SMILES string of the molecule is CCN(CC(C)C)C(=O)N[C@@H](C(=O)O)c1ccccc1Cl. The molecule has 0 bridgehead atoms. The third kappa shape index (κ3) is 4.93. The molecule has 0 heterocycles. The van der Waals surface area contributed by atoms with Gasteiger partial charge < -0.3 is 15.3 Å². The van der Waals surface area contributed by atoms with Crippen LogP contribution in [0.25, 0.3) is 0 Å². The molecule has 0 radical (unpaired) electrons. The third-order valence-electron chi connectivity index (χ3n) is 2.99. The lowest BCUT2D eigenvalue weighted by Crippen LogP contribution is -2.45. The number of carbonyl (C=O) groups is 2. The molecule has 0 unspecified atom stereocenters. The standard InChI is InChI=1S/C15H21ClN2O3/c1-4-18(9-10(2)3)15(21)17-13(14(19)20)11-7-5-6-8-12(11)16/h5-8,10,13H,4,9H2,1-3H3,(H,17,21)(H,19,20)/t13-/m1/s1. The van der Waals surface area contributed by atoms with Gasteiger partial charge in [0.2, 0.25) is 0 Å². The van der Waals surface area contributed by atoms with Crippen LogP contribution in [0.1, 0.15) is 32.4 Å². The van der Waals surface area contributed by atoms with Crippen molar-refractivity contribution in [2.75, 3.05) is 13.1 Å². The van der Waals surface area contributed by atoms with E-state index in [0.29, 0.717) is 29.6 Å². The quantitative estimate of drug-likeness (QED) is 0.847. The molecule has 0 spiro atoms. The zero-order chi connectivity index (χ0) is 16.0. The van der Waals surface area contributed by atoms with E-state index < -0.39 is 18.0 Å². The van der Waals surface area contributed by atoms with E-state index in [0.717, 1.165) is 0 Å². The van der Waals surface area contributed by atoms with Gasteiger partial charge >= 0.3 is 12.0 Å². The van der Waals surface area contributed by atoms with Crippen LogP contribution in [-0.4, -0.2) is 35.1 Å². The summed E-state index contributed by atoms with van der Waals surface area (Å²) >= 11 is 6.02. The molecule has 1 atom stereocenters. The maximum absolute atomic E-state index is 12.2. The van der Waals surface area contributed by atoms with Crippen molar-refractivity contribution in [2.24, 2.45) is 5.92 Å². The van der Waals surface area contributed by atoms with Crippen LogP contribution in [0.15, 0.2) is 24.3 Å². The molecule has 2 N–H and O–H groups in total. The molecule has 5 nitrogen and oxygen atoms in total. The predicted octanol–water partition coefficient (Wildman–Crippen LogP) is 3.15. The number of halogens is 1. The number of urea groups is 1. The molecule has 0 fully saturated rings. The average molecular weight is 313 g/mol. The second-order valence-electron chi connectivity index (χ2n) is 5.17. The highest BCUT2D eigenvalue weighted by Crippen LogP contribution is 2.23. The van der Waals surface area contributed by atoms with Gasteiger partial charge in [0.05, 0.1) is 0 Å². The second-order valence-corrected chi connectivity index (χ2v) is 5.58. The van der Waals surface area contributed by atoms with E-state index in [1.165, 1.54) is 0 Å². The maximum atomic E-state index is 12.2. The molecule has 1 rings (SSSR count). The zero-order valence-electron chi connectivity index (χ0n) is 12.5. The Morgan fingerprint density at radius 1 is 1.33 bits per heavy atom. The van der Waals surface area contributed by atoms with Gasteiger partial charge in [-0.25, -0.2) is 9.59 Å². The van der Waals surface area contributed by atoms with E-state index in [1.807, 2.05) is 20.8 Å². The Morgan fingerprint density at radius 3 is 2.43 bits per heavy atom. The van der Waals surface area contributed by atoms with Crippen LogP contribution < -0.4 is 5.32 Å². The molecule has 116 valence electrons. The van der Waals surface area contributed by atoms with Crippen molar-refractivity contribution in [3.63, 3.8) is 0 Å². The molecule has 6 heteroatoms. The summed E-state index contributed by atoms with van der Waals surface area (Å²) in [6, 6.07) is 5.04. The van der Waals surface area contributed by atoms with Gasteiger partial charge in [0.15, 0.2) is 6.04 Å². The molecule has 1 aromatic carbocycles. The Bertz CT molecular complexity index is 505. The van der Waals surface area contributed by atoms with Crippen LogP contribution in [0.4, 0.5) is 4.79 Å². The van der Waals surface area contributed by atoms with Crippen LogP contribution in [-0.2, 0) is 4.79 Å². The fourth-order valence-electron chi connectivity index (χ4n) is 1.99. The summed E-state index contributed by atoms with van der Waals surface area (Å²) in [5, 5.41) is 12.2. The third-order valence-corrected chi connectivity index (χ3v) is 3.33. The Hall–Kier alpha value is -1.75. The minimum Gasteiger partial charge on any atom is -0.479 e. The fraction of sp³-hybridized carbons (Fsp3) is 0.467. The summed E-state index contributed by atoms with van der Waals surface area (Å²) in [7, 11) is 0. The number of carbonyl (C=O) groups excluding carboxylic acids is 1. The first-order chi connectivity index (χ1) is 9.86. The molecule has 0 aliphatic heterocycles. The van der Waals surface area contributed by atoms with Crippen molar-refractivity contribution in [1.29, 1.82) is 0 Å². The smallest absolute Gasteiger partial charge is 0.331 e. The highest BCUT2D eigenvalue weighted by Gasteiger charge is 2.26. The summed E-state index contributed by atoms with van der Waals surface area (Å²) in [6.45, 7) is 6.93. The minimum absolute atomic E-state index is 0.305. The Kier molecular flexibility index (Phi) is 6.49. The van der Waals surface area contributed by atoms with Crippen molar-refractivity contribution in [3.05, 3.63) is 34.9 Å². The normalized spacial score (nSPS) is 12.0. The van der Waals surface area contributed by atoms with Gasteiger partial charge in [-0.1, -0.05) is 43.6 Å². The maximum Gasteiger partial charge on any atom is 0.331 e. The predicted molar refractivity (Wildman–Crippen MR) is 82.4 cm³/mol. The second kappa shape index (κ2) is 7.88. The van der Waals surface area contributed by atoms with Crippen LogP contribution in [0.3, 0.4) is 0 Å². The molecule has 0 aliphatic carbocycles. The van der Waals surface area contributed by atoms with Crippen molar-refractivity contribution >= 4 is 23.6 Å². The van der Waals surface area contributed by atoms with Crippen LogP contribution >= 0.6 is 11.6 Å². The van der Waals surface area contributed by atoms with Crippen LogP contribution in [0.2, 0.25) is 5.02 Å². The fourth-order valence-corrected chi connectivity index (χ4v) is 2.24. The lowest BCUT2D eigenvalue weighted by molar-refractivity contribution is -0.139. The highest BCUT2D eigenvalue weighted by molar-refractivity contribution is 6.31. The molecular weight excluding hydrogens is 292 g/mol. The van der Waals surface area contributed by atoms with Gasteiger partial charge in [0.25, 0.3) is 0 Å². The molecule has 0 aromatic heterocycles. The van der Waals surface area contributed by atoms with E-state index in [1.54, 1.807) is 29.2 Å². The van der Waals surface area contributed by atoms with Gasteiger partial charge in [0.1, 0.15) is 0 Å². The van der Waals surface area contributed by atoms with E-state index in [9.17, 15) is 14.7 Å². The van der Waals surface area contributed by atoms with Gasteiger partial charge in [0, 0.05) is 23.7 Å². The monoisotopic (exact) mass is 312 g/mol. The van der Waals surface area contributed by atoms with Gasteiger partial charge in [-0.05, 0) is 18.9 Å². The van der Waals surface area contributed by atoms with Crippen LogP contribution in [0.5, 0.6) is 0 Å². The molecule has 0 saturated carbocycles.